The summed E-state index contributed by atoms with van der Waals surface area (Å²) in [6.07, 6.45) is 3.26. The van der Waals surface area contributed by atoms with Crippen molar-refractivity contribution in [3.8, 4) is 11.8 Å². The fourth-order valence-electron chi connectivity index (χ4n) is 0.708. The van der Waals surface area contributed by atoms with Crippen molar-refractivity contribution in [1.82, 2.24) is 0 Å². The van der Waals surface area contributed by atoms with Crippen molar-refractivity contribution in [2.75, 3.05) is 0 Å². The average Bonchev–Trinajstić information content (AvgIpc) is 1.98. The van der Waals surface area contributed by atoms with Crippen LogP contribution < -0.4 is 0 Å². The molecule has 0 saturated heterocycles. The largest absolute Gasteiger partial charge is 0.103 e. The molecule has 0 amide bonds. The molecule has 0 heteroatoms. The van der Waals surface area contributed by atoms with Gasteiger partial charge in [0.1, 0.15) is 0 Å². The lowest BCUT2D eigenvalue weighted by Crippen LogP contribution is -2.17. The minimum atomic E-state index is 0.376. The second kappa shape index (κ2) is 5.25. The smallest absolute Gasteiger partial charge is 0.0142 e. The van der Waals surface area contributed by atoms with E-state index in [0.29, 0.717) is 11.3 Å². The molecule has 0 aliphatic rings. The van der Waals surface area contributed by atoms with E-state index in [0.717, 1.165) is 12.8 Å². The van der Waals surface area contributed by atoms with Gasteiger partial charge < -0.3 is 0 Å². The highest BCUT2D eigenvalue weighted by atomic mass is 14.2. The minimum Gasteiger partial charge on any atom is -0.103 e. The third-order valence-electron chi connectivity index (χ3n) is 2.61. The second-order valence-electron chi connectivity index (χ2n) is 4.42. The summed E-state index contributed by atoms with van der Waals surface area (Å²) in [5.74, 6) is 7.17. The number of rotatable bonds is 3. The van der Waals surface area contributed by atoms with Crippen molar-refractivity contribution >= 4 is 0 Å². The van der Waals surface area contributed by atoms with Crippen molar-refractivity contribution in [3.63, 3.8) is 0 Å². The molecule has 12 heavy (non-hydrogen) atoms. The number of hydrogen-bond acceptors (Lipinski definition) is 0. The molecular weight excluding hydrogens is 144 g/mol. The first-order valence-electron chi connectivity index (χ1n) is 4.96. The Morgan fingerprint density at radius 1 is 1.17 bits per heavy atom. The molecule has 0 spiro atoms. The van der Waals surface area contributed by atoms with Crippen LogP contribution in [0.2, 0.25) is 0 Å². The molecule has 0 fully saturated rings. The molecule has 0 saturated carbocycles. The summed E-state index contributed by atoms with van der Waals surface area (Å²) in [4.78, 5) is 0. The van der Waals surface area contributed by atoms with E-state index in [1.54, 1.807) is 0 Å². The van der Waals surface area contributed by atoms with Gasteiger partial charge in [0, 0.05) is 12.8 Å². The summed E-state index contributed by atoms with van der Waals surface area (Å²) in [5.41, 5.74) is 0.376. The van der Waals surface area contributed by atoms with E-state index in [9.17, 15) is 0 Å². The van der Waals surface area contributed by atoms with Gasteiger partial charge in [0.25, 0.3) is 0 Å². The van der Waals surface area contributed by atoms with E-state index >= 15 is 0 Å². The van der Waals surface area contributed by atoms with Crippen LogP contribution in [0.25, 0.3) is 0 Å². The summed E-state index contributed by atoms with van der Waals surface area (Å²) < 4.78 is 0. The lowest BCUT2D eigenvalue weighted by Gasteiger charge is -2.26. The van der Waals surface area contributed by atoms with Crippen molar-refractivity contribution in [3.05, 3.63) is 0 Å². The molecular formula is C12H22. The molecule has 0 aliphatic carbocycles. The zero-order valence-corrected chi connectivity index (χ0v) is 9.20. The van der Waals surface area contributed by atoms with Gasteiger partial charge >= 0.3 is 0 Å². The summed E-state index contributed by atoms with van der Waals surface area (Å²) in [5, 5.41) is 0. The molecule has 0 atom stereocenters. The molecule has 0 aliphatic heterocycles. The van der Waals surface area contributed by atoms with E-state index in [1.807, 2.05) is 0 Å². The van der Waals surface area contributed by atoms with Crippen molar-refractivity contribution < 1.29 is 0 Å². The van der Waals surface area contributed by atoms with Crippen LogP contribution in [0.1, 0.15) is 53.9 Å². The van der Waals surface area contributed by atoms with E-state index in [4.69, 9.17) is 0 Å². The normalized spacial score (nSPS) is 11.2. The minimum absolute atomic E-state index is 0.376. The Morgan fingerprint density at radius 2 is 1.75 bits per heavy atom. The summed E-state index contributed by atoms with van der Waals surface area (Å²) in [7, 11) is 0. The topological polar surface area (TPSA) is 0 Å². The Hall–Kier alpha value is -0.440. The van der Waals surface area contributed by atoms with Gasteiger partial charge in [-0.15, -0.1) is 11.8 Å². The fraction of sp³-hybridized carbons (Fsp3) is 0.833. The Labute approximate surface area is 77.8 Å². The van der Waals surface area contributed by atoms with Crippen LogP contribution in [0.15, 0.2) is 0 Å². The number of hydrogen-bond donors (Lipinski definition) is 0. The van der Waals surface area contributed by atoms with E-state index in [1.165, 1.54) is 6.42 Å². The molecule has 0 rings (SSSR count). The average molecular weight is 166 g/mol. The Balaban J connectivity index is 3.85. The highest BCUT2D eigenvalue weighted by Crippen LogP contribution is 2.29. The zero-order valence-electron chi connectivity index (χ0n) is 9.20. The predicted octanol–water partition coefficient (Wildman–Crippen LogP) is 3.86. The molecule has 0 aromatic heterocycles. The van der Waals surface area contributed by atoms with Crippen LogP contribution in [0, 0.1) is 23.2 Å². The van der Waals surface area contributed by atoms with Crippen LogP contribution >= 0.6 is 0 Å². The third kappa shape index (κ3) is 4.44. The lowest BCUT2D eigenvalue weighted by molar-refractivity contribution is 0.257. The van der Waals surface area contributed by atoms with E-state index < -0.39 is 0 Å². The zero-order chi connectivity index (χ0) is 9.61. The van der Waals surface area contributed by atoms with Crippen LogP contribution in [-0.2, 0) is 0 Å². The van der Waals surface area contributed by atoms with Gasteiger partial charge in [-0.05, 0) is 17.8 Å². The van der Waals surface area contributed by atoms with Gasteiger partial charge in [-0.3, -0.25) is 0 Å². The Kier molecular flexibility index (Phi) is 5.06. The fourth-order valence-corrected chi connectivity index (χ4v) is 0.708. The molecule has 0 heterocycles. The SMILES string of the molecule is CCCC#CCC(C)(C)C(C)C. The summed E-state index contributed by atoms with van der Waals surface area (Å²) >= 11 is 0. The maximum atomic E-state index is 3.26. The van der Waals surface area contributed by atoms with Crippen molar-refractivity contribution in [2.45, 2.75) is 53.9 Å². The van der Waals surface area contributed by atoms with Gasteiger partial charge in [-0.25, -0.2) is 0 Å². The molecule has 0 bridgehead atoms. The summed E-state index contributed by atoms with van der Waals surface area (Å²) in [6, 6.07) is 0. The van der Waals surface area contributed by atoms with E-state index in [2.05, 4.69) is 46.5 Å². The first-order chi connectivity index (χ1) is 5.50. The lowest BCUT2D eigenvalue weighted by atomic mass is 9.78. The maximum absolute atomic E-state index is 3.26. The molecule has 70 valence electrons. The molecule has 0 nitrogen and oxygen atoms in total. The standard InChI is InChI=1S/C12H22/c1-6-7-8-9-10-12(4,5)11(2)3/h11H,6-7,10H2,1-5H3. The van der Waals surface area contributed by atoms with Crippen LogP contribution in [0.5, 0.6) is 0 Å². The van der Waals surface area contributed by atoms with Crippen LogP contribution in [-0.4, -0.2) is 0 Å². The van der Waals surface area contributed by atoms with Crippen molar-refractivity contribution in [1.29, 1.82) is 0 Å². The quantitative estimate of drug-likeness (QED) is 0.558. The van der Waals surface area contributed by atoms with Gasteiger partial charge in [0.15, 0.2) is 0 Å². The van der Waals surface area contributed by atoms with Gasteiger partial charge in [-0.2, -0.15) is 0 Å². The van der Waals surface area contributed by atoms with Gasteiger partial charge in [0.05, 0.1) is 0 Å². The molecule has 0 aromatic carbocycles. The van der Waals surface area contributed by atoms with Gasteiger partial charge in [0.2, 0.25) is 0 Å². The maximum Gasteiger partial charge on any atom is 0.0142 e. The number of unbranched alkanes of at least 4 members (excludes halogenated alkanes) is 1. The third-order valence-corrected chi connectivity index (χ3v) is 2.61. The van der Waals surface area contributed by atoms with Crippen LogP contribution in [0.4, 0.5) is 0 Å². The molecule has 0 N–H and O–H groups in total. The second-order valence-corrected chi connectivity index (χ2v) is 4.42. The first-order valence-corrected chi connectivity index (χ1v) is 4.96. The van der Waals surface area contributed by atoms with Gasteiger partial charge in [-0.1, -0.05) is 34.6 Å². The van der Waals surface area contributed by atoms with Crippen LogP contribution in [0.3, 0.4) is 0 Å². The Morgan fingerprint density at radius 3 is 2.17 bits per heavy atom. The Bertz CT molecular complexity index is 164. The summed E-state index contributed by atoms with van der Waals surface area (Å²) in [6.45, 7) is 11.3. The predicted molar refractivity (Wildman–Crippen MR) is 55.9 cm³/mol. The monoisotopic (exact) mass is 166 g/mol. The first kappa shape index (κ1) is 11.6. The molecule has 0 aromatic rings. The van der Waals surface area contributed by atoms with E-state index in [-0.39, 0.29) is 0 Å². The highest BCUT2D eigenvalue weighted by Gasteiger charge is 2.20. The highest BCUT2D eigenvalue weighted by molar-refractivity contribution is 5.01. The molecule has 0 radical (unpaired) electrons. The molecule has 0 unspecified atom stereocenters. The van der Waals surface area contributed by atoms with Crippen molar-refractivity contribution in [2.24, 2.45) is 11.3 Å².